The molecule has 184 valence electrons. The molecule has 1 atom stereocenters. The van der Waals surface area contributed by atoms with Gasteiger partial charge in [0.2, 0.25) is 5.91 Å². The van der Waals surface area contributed by atoms with Crippen molar-refractivity contribution in [2.24, 2.45) is 0 Å². The number of carbonyl (C=O) groups is 3. The fraction of sp³-hybridized carbons (Fsp3) is 0.400. The number of carbonyl (C=O) groups excluding carboxylic acids is 2. The van der Waals surface area contributed by atoms with Gasteiger partial charge in [0.25, 0.3) is 0 Å². The van der Waals surface area contributed by atoms with Gasteiger partial charge >= 0.3 is 18.1 Å². The number of nitrogens with zero attached hydrogens (tertiary/aromatic N) is 1. The molecular formula is C25H29F3N2O4. The van der Waals surface area contributed by atoms with Gasteiger partial charge in [-0.15, -0.1) is 0 Å². The Bertz CT molecular complexity index is 973. The Kier molecular flexibility index (Phi) is 9.65. The van der Waals surface area contributed by atoms with Crippen molar-refractivity contribution in [3.05, 3.63) is 70.8 Å². The first-order valence-electron chi connectivity index (χ1n) is 11.1. The van der Waals surface area contributed by atoms with Gasteiger partial charge in [-0.05, 0) is 61.9 Å². The van der Waals surface area contributed by atoms with Crippen molar-refractivity contribution >= 4 is 17.8 Å². The minimum Gasteiger partial charge on any atom is -0.478 e. The summed E-state index contributed by atoms with van der Waals surface area (Å²) in [5.41, 5.74) is 2.83. The van der Waals surface area contributed by atoms with E-state index in [1.807, 2.05) is 24.3 Å². The lowest BCUT2D eigenvalue weighted by molar-refractivity contribution is -0.187. The van der Waals surface area contributed by atoms with Crippen LogP contribution in [0.3, 0.4) is 0 Å². The normalized spacial score (nSPS) is 12.1. The summed E-state index contributed by atoms with van der Waals surface area (Å²) in [6.45, 7) is 3.42. The lowest BCUT2D eigenvalue weighted by Gasteiger charge is -2.29. The van der Waals surface area contributed by atoms with E-state index in [0.29, 0.717) is 32.2 Å². The highest BCUT2D eigenvalue weighted by Gasteiger charge is 2.43. The van der Waals surface area contributed by atoms with E-state index >= 15 is 0 Å². The zero-order chi connectivity index (χ0) is 25.3. The van der Waals surface area contributed by atoms with Crippen molar-refractivity contribution in [3.63, 3.8) is 0 Å². The molecule has 0 bridgehead atoms. The number of benzene rings is 2. The highest BCUT2D eigenvalue weighted by molar-refractivity contribution is 5.87. The largest absolute Gasteiger partial charge is 0.478 e. The number of hydrogen-bond donors (Lipinski definition) is 2. The van der Waals surface area contributed by atoms with Crippen molar-refractivity contribution in [1.82, 2.24) is 10.2 Å². The van der Waals surface area contributed by atoms with Gasteiger partial charge in [0, 0.05) is 25.6 Å². The van der Waals surface area contributed by atoms with Gasteiger partial charge in [0.1, 0.15) is 0 Å². The lowest BCUT2D eigenvalue weighted by Crippen LogP contribution is -2.46. The number of carboxylic acids is 1. The monoisotopic (exact) mass is 478 g/mol. The minimum absolute atomic E-state index is 0.0205. The molecule has 2 rings (SSSR count). The van der Waals surface area contributed by atoms with Crippen LogP contribution in [0.4, 0.5) is 13.2 Å². The zero-order valence-electron chi connectivity index (χ0n) is 19.2. The molecule has 0 aliphatic heterocycles. The highest BCUT2D eigenvalue weighted by Crippen LogP contribution is 2.21. The number of carboxylic acid groups (broad SMARTS) is 1. The predicted octanol–water partition coefficient (Wildman–Crippen LogP) is 4.37. The Morgan fingerprint density at radius 1 is 0.971 bits per heavy atom. The smallest absolute Gasteiger partial charge is 0.471 e. The van der Waals surface area contributed by atoms with E-state index in [4.69, 9.17) is 5.11 Å². The number of halogens is 3. The van der Waals surface area contributed by atoms with Crippen LogP contribution in [0, 0.1) is 0 Å². The molecule has 2 aromatic carbocycles. The molecule has 0 aliphatic carbocycles. The predicted molar refractivity (Wildman–Crippen MR) is 121 cm³/mol. The summed E-state index contributed by atoms with van der Waals surface area (Å²) in [5, 5.41) is 11.7. The second-order valence-electron chi connectivity index (χ2n) is 8.09. The third kappa shape index (κ3) is 8.20. The fourth-order valence-electron chi connectivity index (χ4n) is 3.62. The summed E-state index contributed by atoms with van der Waals surface area (Å²) in [4.78, 5) is 35.3. The SMILES string of the molecule is CCN(C(=O)C(F)(F)F)[C@@H](C)Cc1ccc(CCCC(=O)NCc2ccc(C(=O)O)cc2)cc1. The topological polar surface area (TPSA) is 86.7 Å². The summed E-state index contributed by atoms with van der Waals surface area (Å²) in [6.07, 6.45) is -2.94. The summed E-state index contributed by atoms with van der Waals surface area (Å²) < 4.78 is 38.2. The van der Waals surface area contributed by atoms with Crippen LogP contribution in [0.25, 0.3) is 0 Å². The van der Waals surface area contributed by atoms with Crippen LogP contribution in [0.5, 0.6) is 0 Å². The maximum Gasteiger partial charge on any atom is 0.471 e. The quantitative estimate of drug-likeness (QED) is 0.502. The van der Waals surface area contributed by atoms with Crippen molar-refractivity contribution in [2.45, 2.75) is 58.3 Å². The molecule has 0 saturated carbocycles. The van der Waals surface area contributed by atoms with Crippen molar-refractivity contribution in [2.75, 3.05) is 6.54 Å². The van der Waals surface area contributed by atoms with Crippen LogP contribution < -0.4 is 5.32 Å². The van der Waals surface area contributed by atoms with Gasteiger partial charge in [0.15, 0.2) is 0 Å². The summed E-state index contributed by atoms with van der Waals surface area (Å²) in [5.74, 6) is -2.94. The van der Waals surface area contributed by atoms with Crippen LogP contribution in [-0.2, 0) is 29.0 Å². The second-order valence-corrected chi connectivity index (χ2v) is 8.09. The molecule has 2 amide bonds. The van der Waals surface area contributed by atoms with Crippen molar-refractivity contribution in [3.8, 4) is 0 Å². The first-order valence-corrected chi connectivity index (χ1v) is 11.1. The van der Waals surface area contributed by atoms with Crippen LogP contribution in [0.1, 0.15) is 53.7 Å². The Morgan fingerprint density at radius 2 is 1.53 bits per heavy atom. The minimum atomic E-state index is -4.88. The average molecular weight is 479 g/mol. The number of amides is 2. The summed E-state index contributed by atoms with van der Waals surface area (Å²) in [7, 11) is 0. The second kappa shape index (κ2) is 12.2. The molecule has 9 heteroatoms. The standard InChI is InChI=1S/C25H29F3N2O4/c1-3-30(24(34)25(26,27)28)17(2)15-19-9-7-18(8-10-19)5-4-6-22(31)29-16-20-11-13-21(14-12-20)23(32)33/h7-14,17H,3-6,15-16H2,1-2H3,(H,29,31)(H,32,33)/t17-/m0/s1. The third-order valence-electron chi connectivity index (χ3n) is 5.49. The maximum atomic E-state index is 12.7. The van der Waals surface area contributed by atoms with Crippen molar-refractivity contribution < 1.29 is 32.7 Å². The Morgan fingerprint density at radius 3 is 2.06 bits per heavy atom. The van der Waals surface area contributed by atoms with Gasteiger partial charge in [-0.1, -0.05) is 36.4 Å². The van der Waals surface area contributed by atoms with E-state index in [2.05, 4.69) is 5.32 Å². The Balaban J connectivity index is 1.76. The molecule has 6 nitrogen and oxygen atoms in total. The molecule has 0 fully saturated rings. The number of likely N-dealkylation sites (N-methyl/N-ethyl adjacent to an activating group) is 1. The lowest BCUT2D eigenvalue weighted by atomic mass is 10.0. The summed E-state index contributed by atoms with van der Waals surface area (Å²) in [6, 6.07) is 13.1. The van der Waals surface area contributed by atoms with Gasteiger partial charge in [-0.2, -0.15) is 13.2 Å². The van der Waals surface area contributed by atoms with Gasteiger partial charge in [-0.25, -0.2) is 4.79 Å². The van der Waals surface area contributed by atoms with E-state index in [0.717, 1.165) is 21.6 Å². The third-order valence-corrected chi connectivity index (χ3v) is 5.49. The number of aromatic carboxylic acids is 1. The number of aryl methyl sites for hydroxylation is 1. The molecule has 0 aliphatic rings. The molecule has 0 unspecified atom stereocenters. The number of hydrogen-bond acceptors (Lipinski definition) is 3. The summed E-state index contributed by atoms with van der Waals surface area (Å²) >= 11 is 0. The van der Waals surface area contributed by atoms with Crippen LogP contribution in [0.15, 0.2) is 48.5 Å². The Labute approximate surface area is 196 Å². The Hall–Kier alpha value is -3.36. The van der Waals surface area contributed by atoms with E-state index in [9.17, 15) is 27.6 Å². The average Bonchev–Trinajstić information content (AvgIpc) is 2.79. The highest BCUT2D eigenvalue weighted by atomic mass is 19.4. The zero-order valence-corrected chi connectivity index (χ0v) is 19.2. The molecular weight excluding hydrogens is 449 g/mol. The molecule has 0 spiro atoms. The van der Waals surface area contributed by atoms with E-state index < -0.39 is 24.1 Å². The number of nitrogens with one attached hydrogen (secondary N) is 1. The van der Waals surface area contributed by atoms with E-state index in [1.165, 1.54) is 19.1 Å². The number of alkyl halides is 3. The molecule has 2 N–H and O–H groups in total. The van der Waals surface area contributed by atoms with E-state index in [1.54, 1.807) is 19.1 Å². The maximum absolute atomic E-state index is 12.7. The molecule has 0 radical (unpaired) electrons. The van der Waals surface area contributed by atoms with Gasteiger partial charge in [-0.3, -0.25) is 9.59 Å². The first-order chi connectivity index (χ1) is 16.0. The van der Waals surface area contributed by atoms with Gasteiger partial charge in [0.05, 0.1) is 5.56 Å². The number of rotatable bonds is 11. The van der Waals surface area contributed by atoms with Crippen LogP contribution in [-0.4, -0.2) is 46.6 Å². The van der Waals surface area contributed by atoms with Crippen LogP contribution in [0.2, 0.25) is 0 Å². The van der Waals surface area contributed by atoms with Crippen LogP contribution >= 0.6 is 0 Å². The van der Waals surface area contributed by atoms with Crippen molar-refractivity contribution in [1.29, 1.82) is 0 Å². The molecule has 0 aromatic heterocycles. The van der Waals surface area contributed by atoms with Gasteiger partial charge < -0.3 is 15.3 Å². The first kappa shape index (κ1) is 26.9. The molecule has 0 heterocycles. The van der Waals surface area contributed by atoms with E-state index in [-0.39, 0.29) is 18.0 Å². The molecule has 2 aromatic rings. The molecule has 0 saturated heterocycles. The molecule has 34 heavy (non-hydrogen) atoms. The fourth-order valence-corrected chi connectivity index (χ4v) is 3.62.